The lowest BCUT2D eigenvalue weighted by Gasteiger charge is -2.07. The van der Waals surface area contributed by atoms with Crippen LogP contribution in [0.4, 0.5) is 0 Å². The SMILES string of the molecule is CN(C)CCCSc1ccc(C(=O)O)o1. The normalized spacial score (nSPS) is 10.9. The summed E-state index contributed by atoms with van der Waals surface area (Å²) in [6, 6.07) is 3.18. The second kappa shape index (κ2) is 5.82. The van der Waals surface area contributed by atoms with Crippen LogP contribution in [0.25, 0.3) is 0 Å². The summed E-state index contributed by atoms with van der Waals surface area (Å²) in [6.45, 7) is 1.03. The number of carboxylic acid groups (broad SMARTS) is 1. The number of carbonyl (C=O) groups is 1. The first kappa shape index (κ1) is 12.1. The summed E-state index contributed by atoms with van der Waals surface area (Å²) in [4.78, 5) is 12.6. The zero-order valence-corrected chi connectivity index (χ0v) is 9.71. The van der Waals surface area contributed by atoms with Crippen molar-refractivity contribution in [2.24, 2.45) is 0 Å². The van der Waals surface area contributed by atoms with Gasteiger partial charge in [-0.15, -0.1) is 0 Å². The lowest BCUT2D eigenvalue weighted by Crippen LogP contribution is -2.13. The number of nitrogens with zero attached hydrogens (tertiary/aromatic N) is 1. The lowest BCUT2D eigenvalue weighted by atomic mass is 10.5. The van der Waals surface area contributed by atoms with Crippen molar-refractivity contribution in [3.05, 3.63) is 17.9 Å². The third kappa shape index (κ3) is 4.40. The molecule has 15 heavy (non-hydrogen) atoms. The van der Waals surface area contributed by atoms with E-state index in [1.54, 1.807) is 17.8 Å². The molecule has 0 spiro atoms. The second-order valence-corrected chi connectivity index (χ2v) is 4.53. The van der Waals surface area contributed by atoms with Gasteiger partial charge in [-0.2, -0.15) is 0 Å². The maximum Gasteiger partial charge on any atom is 0.371 e. The molecule has 1 aromatic rings. The molecule has 0 saturated heterocycles. The van der Waals surface area contributed by atoms with Gasteiger partial charge in [-0.1, -0.05) is 11.8 Å². The molecule has 1 heterocycles. The molecule has 1 aromatic heterocycles. The van der Waals surface area contributed by atoms with E-state index in [2.05, 4.69) is 4.90 Å². The van der Waals surface area contributed by atoms with Crippen molar-refractivity contribution in [3.63, 3.8) is 0 Å². The zero-order chi connectivity index (χ0) is 11.3. The Labute approximate surface area is 93.3 Å². The maximum atomic E-state index is 10.5. The maximum absolute atomic E-state index is 10.5. The summed E-state index contributed by atoms with van der Waals surface area (Å²) in [5, 5.41) is 9.31. The van der Waals surface area contributed by atoms with Gasteiger partial charge in [0.1, 0.15) is 0 Å². The van der Waals surface area contributed by atoms with Crippen molar-refractivity contribution in [2.45, 2.75) is 11.5 Å². The van der Waals surface area contributed by atoms with Crippen LogP contribution in [0.1, 0.15) is 17.0 Å². The monoisotopic (exact) mass is 229 g/mol. The first-order chi connectivity index (χ1) is 7.09. The fourth-order valence-corrected chi connectivity index (χ4v) is 1.85. The topological polar surface area (TPSA) is 53.7 Å². The van der Waals surface area contributed by atoms with E-state index in [4.69, 9.17) is 9.52 Å². The highest BCUT2D eigenvalue weighted by molar-refractivity contribution is 7.99. The molecule has 4 nitrogen and oxygen atoms in total. The third-order valence-corrected chi connectivity index (χ3v) is 2.78. The average Bonchev–Trinajstić information content (AvgIpc) is 2.60. The van der Waals surface area contributed by atoms with E-state index >= 15 is 0 Å². The predicted octanol–water partition coefficient (Wildman–Crippen LogP) is 2.02. The average molecular weight is 229 g/mol. The summed E-state index contributed by atoms with van der Waals surface area (Å²) in [5.74, 6) is -0.0784. The van der Waals surface area contributed by atoms with Crippen LogP contribution in [0.5, 0.6) is 0 Å². The first-order valence-electron chi connectivity index (χ1n) is 4.70. The van der Waals surface area contributed by atoms with Crippen molar-refractivity contribution < 1.29 is 14.3 Å². The summed E-state index contributed by atoms with van der Waals surface area (Å²) < 4.78 is 5.10. The van der Waals surface area contributed by atoms with Crippen molar-refractivity contribution in [2.75, 3.05) is 26.4 Å². The third-order valence-electron chi connectivity index (χ3n) is 1.79. The minimum Gasteiger partial charge on any atom is -0.475 e. The number of aromatic carboxylic acids is 1. The quantitative estimate of drug-likeness (QED) is 0.597. The Morgan fingerprint density at radius 2 is 2.27 bits per heavy atom. The van der Waals surface area contributed by atoms with Gasteiger partial charge in [0.2, 0.25) is 5.76 Å². The van der Waals surface area contributed by atoms with Gasteiger partial charge in [0.05, 0.1) is 0 Å². The van der Waals surface area contributed by atoms with Gasteiger partial charge in [-0.05, 0) is 39.2 Å². The van der Waals surface area contributed by atoms with Crippen molar-refractivity contribution in [1.29, 1.82) is 0 Å². The van der Waals surface area contributed by atoms with Gasteiger partial charge >= 0.3 is 5.97 Å². The predicted molar refractivity (Wildman–Crippen MR) is 59.6 cm³/mol. The summed E-state index contributed by atoms with van der Waals surface area (Å²) in [7, 11) is 4.06. The molecule has 1 N–H and O–H groups in total. The van der Waals surface area contributed by atoms with Crippen molar-refractivity contribution in [3.8, 4) is 0 Å². The molecule has 0 aliphatic rings. The molecule has 0 saturated carbocycles. The number of hydrogen-bond acceptors (Lipinski definition) is 4. The Kier molecular flexibility index (Phi) is 4.71. The summed E-state index contributed by atoms with van der Waals surface area (Å²) >= 11 is 1.54. The van der Waals surface area contributed by atoms with Crippen molar-refractivity contribution >= 4 is 17.7 Å². The van der Waals surface area contributed by atoms with E-state index < -0.39 is 5.97 Å². The van der Waals surface area contributed by atoms with Gasteiger partial charge in [0, 0.05) is 5.75 Å². The van der Waals surface area contributed by atoms with Crippen LogP contribution in [0.2, 0.25) is 0 Å². The van der Waals surface area contributed by atoms with Crippen LogP contribution in [-0.2, 0) is 0 Å². The number of rotatable bonds is 6. The summed E-state index contributed by atoms with van der Waals surface area (Å²) in [5.41, 5.74) is 0. The van der Waals surface area contributed by atoms with Crippen LogP contribution in [0.15, 0.2) is 21.6 Å². The minimum atomic E-state index is -1.02. The number of hydrogen-bond donors (Lipinski definition) is 1. The van der Waals surface area contributed by atoms with Gasteiger partial charge in [0.25, 0.3) is 0 Å². The fourth-order valence-electron chi connectivity index (χ4n) is 1.07. The van der Waals surface area contributed by atoms with Crippen molar-refractivity contribution in [1.82, 2.24) is 4.90 Å². The van der Waals surface area contributed by atoms with Gasteiger partial charge < -0.3 is 14.4 Å². The molecule has 0 amide bonds. The number of furan rings is 1. The molecule has 5 heteroatoms. The molecule has 84 valence electrons. The lowest BCUT2D eigenvalue weighted by molar-refractivity contribution is 0.0656. The molecular formula is C10H15NO3S. The smallest absolute Gasteiger partial charge is 0.371 e. The first-order valence-corrected chi connectivity index (χ1v) is 5.69. The molecule has 1 rings (SSSR count). The molecule has 0 aliphatic heterocycles. The zero-order valence-electron chi connectivity index (χ0n) is 8.90. The van der Waals surface area contributed by atoms with E-state index in [0.29, 0.717) is 5.09 Å². The molecule has 0 aliphatic carbocycles. The molecule has 0 bridgehead atoms. The van der Waals surface area contributed by atoms with Gasteiger partial charge in [-0.3, -0.25) is 0 Å². The van der Waals surface area contributed by atoms with Crippen LogP contribution in [-0.4, -0.2) is 42.4 Å². The standard InChI is InChI=1S/C10H15NO3S/c1-11(2)6-3-7-15-9-5-4-8(14-9)10(12)13/h4-5H,3,6-7H2,1-2H3,(H,12,13). The van der Waals surface area contributed by atoms with Crippen LogP contribution in [0, 0.1) is 0 Å². The fraction of sp³-hybridized carbons (Fsp3) is 0.500. The minimum absolute atomic E-state index is 0.00473. The molecule has 0 fully saturated rings. The van der Waals surface area contributed by atoms with E-state index in [1.165, 1.54) is 6.07 Å². The van der Waals surface area contributed by atoms with E-state index in [1.807, 2.05) is 14.1 Å². The van der Waals surface area contributed by atoms with E-state index in [9.17, 15) is 4.79 Å². The highest BCUT2D eigenvalue weighted by atomic mass is 32.2. The summed E-state index contributed by atoms with van der Waals surface area (Å²) in [6.07, 6.45) is 1.06. The highest BCUT2D eigenvalue weighted by Gasteiger charge is 2.08. The van der Waals surface area contributed by atoms with Crippen LogP contribution in [0.3, 0.4) is 0 Å². The van der Waals surface area contributed by atoms with E-state index in [0.717, 1.165) is 18.7 Å². The Bertz CT molecular complexity index is 322. The molecule has 0 unspecified atom stereocenters. The van der Waals surface area contributed by atoms with E-state index in [-0.39, 0.29) is 5.76 Å². The number of carboxylic acids is 1. The molecule has 0 aromatic carbocycles. The molecular weight excluding hydrogens is 214 g/mol. The second-order valence-electron chi connectivity index (χ2n) is 3.43. The highest BCUT2D eigenvalue weighted by Crippen LogP contribution is 2.21. The van der Waals surface area contributed by atoms with Crippen LogP contribution >= 0.6 is 11.8 Å². The number of thioether (sulfide) groups is 1. The Balaban J connectivity index is 2.29. The molecule has 0 radical (unpaired) electrons. The van der Waals surface area contributed by atoms with Gasteiger partial charge in [0.15, 0.2) is 5.09 Å². The Hall–Kier alpha value is -0.940. The van der Waals surface area contributed by atoms with Crippen LogP contribution < -0.4 is 0 Å². The Morgan fingerprint density at radius 3 is 2.80 bits per heavy atom. The van der Waals surface area contributed by atoms with Gasteiger partial charge in [-0.25, -0.2) is 4.79 Å². The Morgan fingerprint density at radius 1 is 1.53 bits per heavy atom. The largest absolute Gasteiger partial charge is 0.475 e. The molecule has 0 atom stereocenters.